The Balaban J connectivity index is 1.59. The summed E-state index contributed by atoms with van der Waals surface area (Å²) in [4.78, 5) is 40.8. The molecule has 0 aliphatic rings. The number of halogens is 3. The molecule has 0 spiro atoms. The van der Waals surface area contributed by atoms with E-state index >= 15 is 0 Å². The highest BCUT2D eigenvalue weighted by atomic mass is 19.4. The van der Waals surface area contributed by atoms with Crippen LogP contribution in [0, 0.1) is 0 Å². The van der Waals surface area contributed by atoms with Crippen molar-refractivity contribution in [3.8, 4) is 0 Å². The van der Waals surface area contributed by atoms with Gasteiger partial charge in [0.05, 0.1) is 16.7 Å². The molecule has 33 heavy (non-hydrogen) atoms. The molecule has 0 unspecified atom stereocenters. The Bertz CT molecular complexity index is 1150. The number of ether oxygens (including phenoxy) is 1. The molecule has 1 atom stereocenters. The van der Waals surface area contributed by atoms with Gasteiger partial charge in [0.15, 0.2) is 6.10 Å². The van der Waals surface area contributed by atoms with Crippen molar-refractivity contribution < 1.29 is 32.3 Å². The van der Waals surface area contributed by atoms with E-state index in [2.05, 4.69) is 15.6 Å². The van der Waals surface area contributed by atoms with Gasteiger partial charge in [-0.3, -0.25) is 14.6 Å². The minimum atomic E-state index is -4.49. The zero-order valence-electron chi connectivity index (χ0n) is 17.2. The van der Waals surface area contributed by atoms with Gasteiger partial charge in [0.2, 0.25) is 0 Å². The molecule has 7 nitrogen and oxygen atoms in total. The van der Waals surface area contributed by atoms with Crippen molar-refractivity contribution in [2.45, 2.75) is 19.2 Å². The van der Waals surface area contributed by atoms with Crippen molar-refractivity contribution >= 4 is 29.2 Å². The van der Waals surface area contributed by atoms with E-state index in [0.29, 0.717) is 11.3 Å². The maximum Gasteiger partial charge on any atom is 0.416 e. The van der Waals surface area contributed by atoms with Crippen molar-refractivity contribution in [2.24, 2.45) is 0 Å². The monoisotopic (exact) mass is 457 g/mol. The quantitative estimate of drug-likeness (QED) is 0.530. The van der Waals surface area contributed by atoms with E-state index < -0.39 is 35.6 Å². The molecule has 0 radical (unpaired) electrons. The average molecular weight is 457 g/mol. The van der Waals surface area contributed by atoms with Gasteiger partial charge >= 0.3 is 12.1 Å². The number of hydrogen-bond acceptors (Lipinski definition) is 5. The summed E-state index contributed by atoms with van der Waals surface area (Å²) in [5.74, 6) is -1.95. The largest absolute Gasteiger partial charge is 0.449 e. The Hall–Kier alpha value is -4.21. The Kier molecular flexibility index (Phi) is 7.07. The predicted octanol–water partition coefficient (Wildman–Crippen LogP) is 4.54. The molecule has 10 heteroatoms. The van der Waals surface area contributed by atoms with Gasteiger partial charge in [0, 0.05) is 23.8 Å². The van der Waals surface area contributed by atoms with Crippen LogP contribution in [0.1, 0.15) is 33.2 Å². The fourth-order valence-electron chi connectivity index (χ4n) is 2.69. The molecule has 3 rings (SSSR count). The van der Waals surface area contributed by atoms with Crippen LogP contribution in [-0.2, 0) is 15.7 Å². The Morgan fingerprint density at radius 3 is 2.24 bits per heavy atom. The number of carbonyl (C=O) groups excluding carboxylic acids is 3. The molecular weight excluding hydrogens is 439 g/mol. The third kappa shape index (κ3) is 6.39. The molecule has 0 saturated heterocycles. The minimum Gasteiger partial charge on any atom is -0.449 e. The van der Waals surface area contributed by atoms with Crippen LogP contribution in [0.25, 0.3) is 0 Å². The summed E-state index contributed by atoms with van der Waals surface area (Å²) in [6.45, 7) is 1.32. The van der Waals surface area contributed by atoms with Crippen molar-refractivity contribution in [1.82, 2.24) is 4.98 Å². The standard InChI is InChI=1S/C23H18F3N3O4/c1-14(20(30)28-18-9-7-17(8-10-18)23(24,25)26)33-22(32)15-4-2-6-19(12-15)29-21(31)16-5-3-11-27-13-16/h2-14H,1H3,(H,28,30)(H,29,31)/t14-/m1/s1. The number of benzene rings is 2. The summed E-state index contributed by atoms with van der Waals surface area (Å²) < 4.78 is 43.0. The highest BCUT2D eigenvalue weighted by Gasteiger charge is 2.30. The van der Waals surface area contributed by atoms with Crippen molar-refractivity contribution in [3.63, 3.8) is 0 Å². The number of amides is 2. The lowest BCUT2D eigenvalue weighted by atomic mass is 10.2. The van der Waals surface area contributed by atoms with Crippen LogP contribution in [0.3, 0.4) is 0 Å². The number of aromatic nitrogens is 1. The maximum atomic E-state index is 12.6. The Morgan fingerprint density at radius 1 is 0.909 bits per heavy atom. The number of esters is 1. The first-order valence-corrected chi connectivity index (χ1v) is 9.64. The lowest BCUT2D eigenvalue weighted by Crippen LogP contribution is -2.30. The SMILES string of the molecule is C[C@@H](OC(=O)c1cccc(NC(=O)c2cccnc2)c1)C(=O)Nc1ccc(C(F)(F)F)cc1. The van der Waals surface area contributed by atoms with Crippen molar-refractivity contribution in [3.05, 3.63) is 89.7 Å². The molecule has 0 bridgehead atoms. The second-order valence-electron chi connectivity index (χ2n) is 6.89. The van der Waals surface area contributed by atoms with Crippen LogP contribution in [0.15, 0.2) is 73.1 Å². The maximum absolute atomic E-state index is 12.6. The molecule has 0 aliphatic heterocycles. The molecule has 1 heterocycles. The number of alkyl halides is 3. The zero-order chi connectivity index (χ0) is 24.0. The molecule has 0 saturated carbocycles. The Morgan fingerprint density at radius 2 is 1.61 bits per heavy atom. The van der Waals surface area contributed by atoms with Gasteiger partial charge in [-0.05, 0) is 61.5 Å². The Labute approximate surface area is 186 Å². The molecular formula is C23H18F3N3O4. The van der Waals surface area contributed by atoms with Crippen LogP contribution in [0.4, 0.5) is 24.5 Å². The highest BCUT2D eigenvalue weighted by molar-refractivity contribution is 6.04. The number of pyridine rings is 1. The van der Waals surface area contributed by atoms with Crippen molar-refractivity contribution in [2.75, 3.05) is 10.6 Å². The van der Waals surface area contributed by atoms with E-state index in [4.69, 9.17) is 4.74 Å². The lowest BCUT2D eigenvalue weighted by Gasteiger charge is -2.14. The topological polar surface area (TPSA) is 97.4 Å². The van der Waals surface area contributed by atoms with Gasteiger partial charge in [0.1, 0.15) is 0 Å². The smallest absolute Gasteiger partial charge is 0.416 e. The van der Waals surface area contributed by atoms with Gasteiger partial charge in [-0.2, -0.15) is 13.2 Å². The summed E-state index contributed by atoms with van der Waals surface area (Å²) in [5, 5.41) is 5.02. The van der Waals surface area contributed by atoms with E-state index in [1.165, 1.54) is 37.5 Å². The van der Waals surface area contributed by atoms with Gasteiger partial charge < -0.3 is 15.4 Å². The predicted molar refractivity (Wildman–Crippen MR) is 114 cm³/mol. The van der Waals surface area contributed by atoms with Crippen LogP contribution < -0.4 is 10.6 Å². The number of carbonyl (C=O) groups is 3. The first-order chi connectivity index (χ1) is 15.6. The van der Waals surface area contributed by atoms with Gasteiger partial charge in [-0.1, -0.05) is 6.07 Å². The van der Waals surface area contributed by atoms with E-state index in [-0.39, 0.29) is 11.3 Å². The molecule has 170 valence electrons. The number of anilines is 2. The van der Waals surface area contributed by atoms with E-state index in [9.17, 15) is 27.6 Å². The lowest BCUT2D eigenvalue weighted by molar-refractivity contribution is -0.137. The van der Waals surface area contributed by atoms with Crippen LogP contribution in [0.2, 0.25) is 0 Å². The molecule has 2 N–H and O–H groups in total. The van der Waals surface area contributed by atoms with Gasteiger partial charge in [-0.25, -0.2) is 4.79 Å². The average Bonchev–Trinajstić information content (AvgIpc) is 2.79. The second-order valence-corrected chi connectivity index (χ2v) is 6.89. The third-order valence-electron chi connectivity index (χ3n) is 4.41. The number of nitrogens with one attached hydrogen (secondary N) is 2. The molecule has 3 aromatic rings. The fourth-order valence-corrected chi connectivity index (χ4v) is 2.69. The van der Waals surface area contributed by atoms with E-state index in [1.54, 1.807) is 18.2 Å². The summed E-state index contributed by atoms with van der Waals surface area (Å²) in [6.07, 6.45) is -2.79. The molecule has 1 aromatic heterocycles. The zero-order valence-corrected chi connectivity index (χ0v) is 17.2. The summed E-state index contributed by atoms with van der Waals surface area (Å²) in [7, 11) is 0. The molecule has 0 fully saturated rings. The number of hydrogen-bond donors (Lipinski definition) is 2. The normalized spacial score (nSPS) is 11.9. The molecule has 2 amide bonds. The van der Waals surface area contributed by atoms with Crippen LogP contribution in [0.5, 0.6) is 0 Å². The van der Waals surface area contributed by atoms with E-state index in [1.807, 2.05) is 0 Å². The highest BCUT2D eigenvalue weighted by Crippen LogP contribution is 2.29. The first-order valence-electron chi connectivity index (χ1n) is 9.64. The first kappa shape index (κ1) is 23.5. The number of rotatable bonds is 6. The fraction of sp³-hybridized carbons (Fsp3) is 0.130. The third-order valence-corrected chi connectivity index (χ3v) is 4.41. The summed E-state index contributed by atoms with van der Waals surface area (Å²) >= 11 is 0. The summed E-state index contributed by atoms with van der Waals surface area (Å²) in [6, 6.07) is 13.0. The van der Waals surface area contributed by atoms with Gasteiger partial charge in [-0.15, -0.1) is 0 Å². The van der Waals surface area contributed by atoms with Crippen molar-refractivity contribution in [1.29, 1.82) is 0 Å². The molecule has 2 aromatic carbocycles. The second kappa shape index (κ2) is 9.94. The molecule has 0 aliphatic carbocycles. The van der Waals surface area contributed by atoms with Gasteiger partial charge in [0.25, 0.3) is 11.8 Å². The minimum absolute atomic E-state index is 0.0909. The number of nitrogens with zero attached hydrogens (tertiary/aromatic N) is 1. The summed E-state index contributed by atoms with van der Waals surface area (Å²) in [5.41, 5.74) is 0.0267. The van der Waals surface area contributed by atoms with E-state index in [0.717, 1.165) is 24.3 Å². The van der Waals surface area contributed by atoms with Crippen LogP contribution in [-0.4, -0.2) is 28.9 Å². The van der Waals surface area contributed by atoms with Crippen LogP contribution >= 0.6 is 0 Å².